The van der Waals surface area contributed by atoms with Crippen LogP contribution in [0, 0.1) is 0 Å². The Balaban J connectivity index is 1.10. The minimum absolute atomic E-state index is 0.180. The van der Waals surface area contributed by atoms with Crippen LogP contribution >= 0.6 is 0 Å². The van der Waals surface area contributed by atoms with Crippen LogP contribution in [0.2, 0.25) is 0 Å². The average molecular weight is 848 g/mol. The average Bonchev–Trinajstić information content (AvgIpc) is 3.83. The number of fused-ring (bicyclic) bond motifs is 6. The smallest absolute Gasteiger partial charge is 0.137 e. The van der Waals surface area contributed by atoms with Gasteiger partial charge in [-0.2, -0.15) is 0 Å². The maximum Gasteiger partial charge on any atom is 0.137 e. The zero-order chi connectivity index (χ0) is 44.2. The van der Waals surface area contributed by atoms with Gasteiger partial charge in [-0.3, -0.25) is 9.80 Å². The fraction of sp³-hybridized carbons (Fsp3) is 0.0492. The molecule has 8 aromatic carbocycles. The number of para-hydroxylation sites is 2. The molecule has 3 aromatic heterocycles. The fourth-order valence-electron chi connectivity index (χ4n) is 10.1. The van der Waals surface area contributed by atoms with Gasteiger partial charge in [0.1, 0.15) is 11.6 Å². The molecule has 66 heavy (non-hydrogen) atoms. The zero-order valence-electron chi connectivity index (χ0n) is 36.8. The maximum absolute atomic E-state index is 5.04. The van der Waals surface area contributed by atoms with Gasteiger partial charge >= 0.3 is 0 Å². The predicted molar refractivity (Wildman–Crippen MR) is 274 cm³/mol. The van der Waals surface area contributed by atoms with Crippen molar-refractivity contribution in [3.8, 4) is 39.1 Å². The molecule has 0 saturated heterocycles. The molecule has 0 saturated carbocycles. The van der Waals surface area contributed by atoms with Crippen LogP contribution in [0.5, 0.6) is 0 Å². The molecule has 5 nitrogen and oxygen atoms in total. The van der Waals surface area contributed by atoms with E-state index >= 15 is 0 Å². The SMILES string of the molecule is CC1(C)c2ccccc2-c2ccc(N(c3cc(-c4ccc5c(c4)c4ccccc4n5-c4ccccc4)cc(N(c4ccc(-c5ccccc5)cc4)c4ccccn4)c3)c3ccccn3)cc21. The van der Waals surface area contributed by atoms with Crippen LogP contribution in [-0.4, -0.2) is 14.5 Å². The fourth-order valence-corrected chi connectivity index (χ4v) is 10.1. The van der Waals surface area contributed by atoms with Crippen LogP contribution in [0.1, 0.15) is 25.0 Å². The number of rotatable bonds is 9. The van der Waals surface area contributed by atoms with E-state index in [0.29, 0.717) is 0 Å². The summed E-state index contributed by atoms with van der Waals surface area (Å²) in [6, 6.07) is 80.5. The summed E-state index contributed by atoms with van der Waals surface area (Å²) in [7, 11) is 0. The summed E-state index contributed by atoms with van der Waals surface area (Å²) in [5.41, 5.74) is 17.0. The Morgan fingerprint density at radius 3 is 1.64 bits per heavy atom. The summed E-state index contributed by atoms with van der Waals surface area (Å²) in [5, 5.41) is 2.40. The summed E-state index contributed by atoms with van der Waals surface area (Å²) >= 11 is 0. The van der Waals surface area contributed by atoms with Gasteiger partial charge in [-0.15, -0.1) is 0 Å². The van der Waals surface area contributed by atoms with Crippen molar-refractivity contribution in [2.75, 3.05) is 9.80 Å². The Labute approximate surface area is 385 Å². The van der Waals surface area contributed by atoms with E-state index in [0.717, 1.165) is 62.3 Å². The highest BCUT2D eigenvalue weighted by Crippen LogP contribution is 2.51. The number of pyridine rings is 2. The van der Waals surface area contributed by atoms with Crippen molar-refractivity contribution in [2.45, 2.75) is 19.3 Å². The molecule has 1 aliphatic carbocycles. The van der Waals surface area contributed by atoms with E-state index in [9.17, 15) is 0 Å². The summed E-state index contributed by atoms with van der Waals surface area (Å²) in [4.78, 5) is 14.6. The third-order valence-electron chi connectivity index (χ3n) is 13.3. The first-order valence-electron chi connectivity index (χ1n) is 22.6. The van der Waals surface area contributed by atoms with Crippen LogP contribution in [0.4, 0.5) is 34.4 Å². The van der Waals surface area contributed by atoms with E-state index in [1.807, 2.05) is 24.5 Å². The molecule has 12 rings (SSSR count). The van der Waals surface area contributed by atoms with Gasteiger partial charge in [-0.05, 0) is 142 Å². The molecule has 0 unspecified atom stereocenters. The van der Waals surface area contributed by atoms with Crippen molar-refractivity contribution >= 4 is 56.2 Å². The van der Waals surface area contributed by atoms with Crippen molar-refractivity contribution in [2.24, 2.45) is 0 Å². The van der Waals surface area contributed by atoms with Gasteiger partial charge in [0.15, 0.2) is 0 Å². The minimum Gasteiger partial charge on any atom is -0.309 e. The maximum atomic E-state index is 5.04. The highest BCUT2D eigenvalue weighted by molar-refractivity contribution is 6.10. The van der Waals surface area contributed by atoms with E-state index in [1.54, 1.807) is 0 Å². The second-order valence-electron chi connectivity index (χ2n) is 17.5. The first-order chi connectivity index (χ1) is 32.5. The number of hydrogen-bond donors (Lipinski definition) is 0. The number of hydrogen-bond acceptors (Lipinski definition) is 4. The van der Waals surface area contributed by atoms with Crippen molar-refractivity contribution < 1.29 is 0 Å². The highest BCUT2D eigenvalue weighted by Gasteiger charge is 2.36. The van der Waals surface area contributed by atoms with Gasteiger partial charge in [-0.25, -0.2) is 9.97 Å². The second-order valence-corrected chi connectivity index (χ2v) is 17.5. The number of anilines is 6. The molecule has 1 aliphatic rings. The van der Waals surface area contributed by atoms with Crippen LogP contribution in [0.25, 0.3) is 60.9 Å². The molecule has 0 N–H and O–H groups in total. The van der Waals surface area contributed by atoms with Gasteiger partial charge < -0.3 is 4.57 Å². The molecule has 0 aliphatic heterocycles. The van der Waals surface area contributed by atoms with E-state index < -0.39 is 0 Å². The Morgan fingerprint density at radius 2 is 0.924 bits per heavy atom. The molecular weight excluding hydrogens is 803 g/mol. The van der Waals surface area contributed by atoms with Gasteiger partial charge in [0.25, 0.3) is 0 Å². The van der Waals surface area contributed by atoms with Gasteiger partial charge in [-0.1, -0.05) is 141 Å². The summed E-state index contributed by atoms with van der Waals surface area (Å²) < 4.78 is 2.37. The lowest BCUT2D eigenvalue weighted by atomic mass is 9.82. The van der Waals surface area contributed by atoms with Crippen LogP contribution < -0.4 is 9.80 Å². The largest absolute Gasteiger partial charge is 0.309 e. The van der Waals surface area contributed by atoms with Crippen molar-refractivity contribution in [1.82, 2.24) is 14.5 Å². The van der Waals surface area contributed by atoms with Gasteiger partial charge in [0.05, 0.1) is 22.4 Å². The number of nitrogens with zero attached hydrogens (tertiary/aromatic N) is 5. The van der Waals surface area contributed by atoms with E-state index in [4.69, 9.17) is 9.97 Å². The molecule has 0 atom stereocenters. The lowest BCUT2D eigenvalue weighted by Crippen LogP contribution is -2.17. The van der Waals surface area contributed by atoms with Gasteiger partial charge in [0, 0.05) is 45.6 Å². The molecule has 3 heterocycles. The lowest BCUT2D eigenvalue weighted by molar-refractivity contribution is 0.660. The van der Waals surface area contributed by atoms with E-state index in [2.05, 4.69) is 241 Å². The summed E-state index contributed by atoms with van der Waals surface area (Å²) in [6.07, 6.45) is 3.75. The summed E-state index contributed by atoms with van der Waals surface area (Å²) in [5.74, 6) is 1.64. The predicted octanol–water partition coefficient (Wildman–Crippen LogP) is 16.2. The van der Waals surface area contributed by atoms with Crippen molar-refractivity contribution in [1.29, 1.82) is 0 Å². The first kappa shape index (κ1) is 39.1. The minimum atomic E-state index is -0.180. The number of benzene rings is 8. The van der Waals surface area contributed by atoms with Crippen molar-refractivity contribution in [3.63, 3.8) is 0 Å². The zero-order valence-corrected chi connectivity index (χ0v) is 36.8. The highest BCUT2D eigenvalue weighted by atomic mass is 15.2. The molecule has 0 fully saturated rings. The molecule has 0 spiro atoms. The first-order valence-corrected chi connectivity index (χ1v) is 22.6. The Hall–Kier alpha value is -8.54. The van der Waals surface area contributed by atoms with Crippen LogP contribution in [0.15, 0.2) is 237 Å². The van der Waals surface area contributed by atoms with Crippen LogP contribution in [-0.2, 0) is 5.41 Å². The quantitative estimate of drug-likeness (QED) is 0.145. The topological polar surface area (TPSA) is 37.2 Å². The standard InChI is InChI=1S/C61H45N5/c1-61(2)55-23-11-9-21-51(55)52-33-32-48(41-56(52)61)65(60-26-14-16-36-63-60)50-38-45(44-29-34-58-54(39-44)53-22-10-12-24-57(53)66(58)46-19-7-4-8-20-46)37-49(40-50)64(59-25-13-15-35-62-59)47-30-27-43(28-31-47)42-17-5-3-6-18-42/h3-41H,1-2H3. The molecule has 5 heteroatoms. The second kappa shape index (κ2) is 15.9. The molecule has 0 bridgehead atoms. The molecular formula is C61H45N5. The van der Waals surface area contributed by atoms with E-state index in [-0.39, 0.29) is 5.41 Å². The molecule has 0 amide bonds. The van der Waals surface area contributed by atoms with E-state index in [1.165, 1.54) is 44.1 Å². The van der Waals surface area contributed by atoms with Crippen molar-refractivity contribution in [3.05, 3.63) is 248 Å². The Bertz CT molecular complexity index is 3550. The molecule has 0 radical (unpaired) electrons. The normalized spacial score (nSPS) is 12.5. The summed E-state index contributed by atoms with van der Waals surface area (Å²) in [6.45, 7) is 4.67. The monoisotopic (exact) mass is 847 g/mol. The third kappa shape index (κ3) is 6.63. The Kier molecular flexibility index (Phi) is 9.42. The Morgan fingerprint density at radius 1 is 0.364 bits per heavy atom. The molecule has 11 aromatic rings. The third-order valence-corrected chi connectivity index (χ3v) is 13.3. The molecule has 314 valence electrons. The van der Waals surface area contributed by atoms with Gasteiger partial charge in [0.2, 0.25) is 0 Å². The lowest BCUT2D eigenvalue weighted by Gasteiger charge is -2.30. The van der Waals surface area contributed by atoms with Crippen LogP contribution in [0.3, 0.4) is 0 Å². The number of aromatic nitrogens is 3.